The van der Waals surface area contributed by atoms with Crippen LogP contribution in [-0.2, 0) is 35.8 Å². The van der Waals surface area contributed by atoms with Crippen LogP contribution < -0.4 is 5.32 Å². The summed E-state index contributed by atoms with van der Waals surface area (Å²) in [5.74, 6) is 3.95. The summed E-state index contributed by atoms with van der Waals surface area (Å²) in [6.07, 6.45) is 7.95. The van der Waals surface area contributed by atoms with Crippen molar-refractivity contribution in [1.82, 2.24) is 24.4 Å². The van der Waals surface area contributed by atoms with E-state index in [-0.39, 0.29) is 16.1 Å². The van der Waals surface area contributed by atoms with Crippen molar-refractivity contribution in [3.63, 3.8) is 0 Å². The lowest BCUT2D eigenvalue weighted by molar-refractivity contribution is 0.390. The van der Waals surface area contributed by atoms with Gasteiger partial charge in [-0.2, -0.15) is 0 Å². The Kier molecular flexibility index (Phi) is 9.02. The third kappa shape index (κ3) is 8.02. The molecule has 1 saturated heterocycles. The molecule has 0 radical (unpaired) electrons. The summed E-state index contributed by atoms with van der Waals surface area (Å²) in [6.45, 7) is 17.0. The van der Waals surface area contributed by atoms with Gasteiger partial charge in [-0.05, 0) is 97.7 Å². The zero-order valence-corrected chi connectivity index (χ0v) is 30.3. The minimum atomic E-state index is -3.29. The van der Waals surface area contributed by atoms with Crippen LogP contribution in [0.1, 0.15) is 85.3 Å². The Morgan fingerprint density at radius 1 is 0.778 bits per heavy atom. The number of rotatable bonds is 8. The average molecular weight is 697 g/mol. The second-order valence-electron chi connectivity index (χ2n) is 16.1. The second-order valence-corrected chi connectivity index (χ2v) is 19.2. The summed E-state index contributed by atoms with van der Waals surface area (Å²) < 4.78 is 31.7. The van der Waals surface area contributed by atoms with Gasteiger partial charge < -0.3 is 14.5 Å². The van der Waals surface area contributed by atoms with Gasteiger partial charge in [0.15, 0.2) is 9.84 Å². The van der Waals surface area contributed by atoms with Crippen molar-refractivity contribution >= 4 is 47.8 Å². The molecule has 1 N–H and O–H groups in total. The van der Waals surface area contributed by atoms with Crippen molar-refractivity contribution in [3.05, 3.63) is 52.5 Å². The molecule has 2 aromatic heterocycles. The fourth-order valence-electron chi connectivity index (χ4n) is 6.32. The first kappa shape index (κ1) is 32.7. The molecule has 244 valence electrons. The highest BCUT2D eigenvalue weighted by atomic mass is 79.9. The number of fused-ring (bicyclic) bond motifs is 2. The van der Waals surface area contributed by atoms with E-state index in [9.17, 15) is 8.42 Å². The van der Waals surface area contributed by atoms with Crippen LogP contribution in [0.5, 0.6) is 0 Å². The second kappa shape index (κ2) is 12.4. The van der Waals surface area contributed by atoms with E-state index in [0.717, 1.165) is 71.2 Å². The van der Waals surface area contributed by atoms with E-state index in [1.165, 1.54) is 37.0 Å². The molecule has 45 heavy (non-hydrogen) atoms. The minimum Gasteiger partial charge on any atom is -0.328 e. The van der Waals surface area contributed by atoms with Crippen LogP contribution in [0.4, 0.5) is 0 Å². The number of aromatic nitrogens is 4. The molecule has 0 spiro atoms. The monoisotopic (exact) mass is 695 g/mol. The molecule has 2 aromatic carbocycles. The predicted molar refractivity (Wildman–Crippen MR) is 187 cm³/mol. The molecule has 3 fully saturated rings. The van der Waals surface area contributed by atoms with Crippen LogP contribution in [0.15, 0.2) is 45.8 Å². The van der Waals surface area contributed by atoms with Gasteiger partial charge >= 0.3 is 0 Å². The lowest BCUT2D eigenvalue weighted by atomic mass is 9.92. The van der Waals surface area contributed by atoms with Crippen LogP contribution in [0, 0.1) is 22.7 Å². The maximum absolute atomic E-state index is 12.9. The molecule has 2 aliphatic carbocycles. The van der Waals surface area contributed by atoms with Crippen molar-refractivity contribution < 1.29 is 8.42 Å². The average Bonchev–Trinajstić information content (AvgIpc) is 3.82. The maximum atomic E-state index is 12.9. The topological polar surface area (TPSA) is 81.8 Å². The van der Waals surface area contributed by atoms with Crippen LogP contribution in [0.2, 0.25) is 0 Å². The van der Waals surface area contributed by atoms with E-state index < -0.39 is 9.84 Å². The Hall–Kier alpha value is -2.23. The number of nitrogens with one attached hydrogen (secondary N) is 1. The number of imidazole rings is 2. The summed E-state index contributed by atoms with van der Waals surface area (Å²) in [7, 11) is -3.29. The number of nitrogens with zero attached hydrogens (tertiary/aromatic N) is 4. The standard InChI is InChI=1S/C20H29N3O2S.C16H21BrN2/c1-20(2,3)11-19-22-17-10-15(26(24,25)16-8-9-21-12-16)6-7-18(17)23(19)13-14-4-5-14;1-16(2,3)9-15-18-13-8-12(17)6-7-14(13)19(15)10-11-4-5-11/h6-7,10,14,16,21H,4-5,8-9,11-13H2,1-3H3;6-8,11H,4-5,9-10H2,1-3H3/t16-;/m1./s1. The van der Waals surface area contributed by atoms with Gasteiger partial charge in [-0.3, -0.25) is 0 Å². The molecule has 2 saturated carbocycles. The van der Waals surface area contributed by atoms with Crippen molar-refractivity contribution in [1.29, 1.82) is 0 Å². The van der Waals surface area contributed by atoms with E-state index in [1.54, 1.807) is 12.1 Å². The smallest absolute Gasteiger partial charge is 0.182 e. The summed E-state index contributed by atoms with van der Waals surface area (Å²) in [5, 5.41) is 2.84. The molecule has 1 atom stereocenters. The predicted octanol–water partition coefficient (Wildman–Crippen LogP) is 7.97. The van der Waals surface area contributed by atoms with Gasteiger partial charge in [-0.15, -0.1) is 0 Å². The van der Waals surface area contributed by atoms with E-state index in [4.69, 9.17) is 9.97 Å². The maximum Gasteiger partial charge on any atom is 0.182 e. The highest BCUT2D eigenvalue weighted by molar-refractivity contribution is 9.10. The van der Waals surface area contributed by atoms with Crippen LogP contribution in [0.3, 0.4) is 0 Å². The molecule has 0 unspecified atom stereocenters. The fraction of sp³-hybridized carbons (Fsp3) is 0.611. The van der Waals surface area contributed by atoms with Gasteiger partial charge in [0.25, 0.3) is 0 Å². The van der Waals surface area contributed by atoms with E-state index in [0.29, 0.717) is 17.9 Å². The van der Waals surface area contributed by atoms with Crippen molar-refractivity contribution in [2.75, 3.05) is 13.1 Å². The van der Waals surface area contributed by atoms with Gasteiger partial charge in [-0.1, -0.05) is 57.5 Å². The molecule has 0 bridgehead atoms. The van der Waals surface area contributed by atoms with Crippen molar-refractivity contribution in [2.24, 2.45) is 22.7 Å². The fourth-order valence-corrected chi connectivity index (χ4v) is 8.35. The zero-order valence-electron chi connectivity index (χ0n) is 27.9. The number of sulfone groups is 1. The number of benzene rings is 2. The third-order valence-corrected chi connectivity index (χ3v) is 11.7. The normalized spacial score (nSPS) is 19.3. The highest BCUT2D eigenvalue weighted by Crippen LogP contribution is 2.36. The van der Waals surface area contributed by atoms with E-state index in [2.05, 4.69) is 90.1 Å². The molecule has 7 nitrogen and oxygen atoms in total. The quantitative estimate of drug-likeness (QED) is 0.202. The van der Waals surface area contributed by atoms with Gasteiger partial charge in [0.05, 0.1) is 32.2 Å². The van der Waals surface area contributed by atoms with E-state index >= 15 is 0 Å². The van der Waals surface area contributed by atoms with Gasteiger partial charge in [0, 0.05) is 36.9 Å². The Balaban J connectivity index is 0.000000167. The first-order valence-electron chi connectivity index (χ1n) is 16.7. The molecule has 3 aliphatic rings. The van der Waals surface area contributed by atoms with Crippen molar-refractivity contribution in [3.8, 4) is 0 Å². The number of halogens is 1. The van der Waals surface area contributed by atoms with Gasteiger partial charge in [0.2, 0.25) is 0 Å². The minimum absolute atomic E-state index is 0.146. The molecule has 9 heteroatoms. The summed E-state index contributed by atoms with van der Waals surface area (Å²) >= 11 is 3.54. The summed E-state index contributed by atoms with van der Waals surface area (Å²) in [6, 6.07) is 12.0. The third-order valence-electron chi connectivity index (χ3n) is 9.02. The van der Waals surface area contributed by atoms with Gasteiger partial charge in [0.1, 0.15) is 11.6 Å². The SMILES string of the molecule is CC(C)(C)Cc1nc2cc(Br)ccc2n1CC1CC1.CC(C)(C)Cc1nc2cc(S(=O)(=O)[C@@H]3CCNC3)ccc2n1CC1CC1. The summed E-state index contributed by atoms with van der Waals surface area (Å²) in [5.41, 5.74) is 4.72. The van der Waals surface area contributed by atoms with Crippen LogP contribution in [-0.4, -0.2) is 45.9 Å². The molecule has 0 amide bonds. The van der Waals surface area contributed by atoms with Crippen LogP contribution in [0.25, 0.3) is 22.1 Å². The number of hydrogen-bond acceptors (Lipinski definition) is 5. The molecule has 7 rings (SSSR count). The molecule has 1 aliphatic heterocycles. The Morgan fingerprint density at radius 2 is 1.29 bits per heavy atom. The largest absolute Gasteiger partial charge is 0.328 e. The number of hydrogen-bond donors (Lipinski definition) is 1. The van der Waals surface area contributed by atoms with Crippen molar-refractivity contribution in [2.45, 2.75) is 110 Å². The Bertz CT molecular complexity index is 1780. The Morgan fingerprint density at radius 3 is 1.76 bits per heavy atom. The summed E-state index contributed by atoms with van der Waals surface area (Å²) in [4.78, 5) is 10.1. The molecule has 4 aromatic rings. The van der Waals surface area contributed by atoms with Gasteiger partial charge in [-0.25, -0.2) is 18.4 Å². The molecule has 3 heterocycles. The lowest BCUT2D eigenvalue weighted by Crippen LogP contribution is -2.23. The molecular weight excluding hydrogens is 646 g/mol. The highest BCUT2D eigenvalue weighted by Gasteiger charge is 2.32. The first-order chi connectivity index (χ1) is 21.2. The van der Waals surface area contributed by atoms with Crippen LogP contribution >= 0.6 is 15.9 Å². The molecular formula is C36H50BrN5O2S. The zero-order chi connectivity index (χ0) is 32.1. The lowest BCUT2D eigenvalue weighted by Gasteiger charge is -2.18. The first-order valence-corrected chi connectivity index (χ1v) is 19.1. The van der Waals surface area contributed by atoms with E-state index in [1.807, 2.05) is 6.07 Å². The Labute approximate surface area is 277 Å².